The summed E-state index contributed by atoms with van der Waals surface area (Å²) in [4.78, 5) is 0. The molecule has 1 aromatic rings. The summed E-state index contributed by atoms with van der Waals surface area (Å²) in [5, 5.41) is 10.4. The van der Waals surface area contributed by atoms with E-state index in [1.54, 1.807) is 12.1 Å². The molecule has 0 saturated carbocycles. The standard InChI is InChI=1S/C13H19NOS2/c1-9-13(17-7-6-16-9)12(14)8-10-2-4-11(15)5-3-10/h2-5,9,12-13,15H,6-8,14H2,1H3. The number of hydrogen-bond donors (Lipinski definition) is 2. The Hall–Kier alpha value is -0.320. The van der Waals surface area contributed by atoms with Gasteiger partial charge < -0.3 is 10.8 Å². The molecule has 0 spiro atoms. The minimum absolute atomic E-state index is 0.201. The summed E-state index contributed by atoms with van der Waals surface area (Å²) >= 11 is 4.03. The van der Waals surface area contributed by atoms with Gasteiger partial charge >= 0.3 is 0 Å². The number of nitrogens with two attached hydrogens (primary N) is 1. The molecule has 0 aliphatic carbocycles. The van der Waals surface area contributed by atoms with Gasteiger partial charge in [-0.25, -0.2) is 0 Å². The molecule has 0 aromatic heterocycles. The molecule has 4 heteroatoms. The predicted octanol–water partition coefficient (Wildman–Crippen LogP) is 2.50. The molecule has 0 radical (unpaired) electrons. The Morgan fingerprint density at radius 2 is 1.94 bits per heavy atom. The van der Waals surface area contributed by atoms with Gasteiger partial charge in [-0.2, -0.15) is 23.5 Å². The molecule has 2 nitrogen and oxygen atoms in total. The van der Waals surface area contributed by atoms with Gasteiger partial charge in [0.05, 0.1) is 0 Å². The second kappa shape index (κ2) is 6.03. The van der Waals surface area contributed by atoms with Gasteiger partial charge in [0, 0.05) is 28.0 Å². The summed E-state index contributed by atoms with van der Waals surface area (Å²) in [6.07, 6.45) is 0.892. The molecule has 1 aromatic carbocycles. The number of aromatic hydroxyl groups is 1. The Bertz CT molecular complexity index is 355. The van der Waals surface area contributed by atoms with E-state index < -0.39 is 0 Å². The highest BCUT2D eigenvalue weighted by Gasteiger charge is 2.27. The van der Waals surface area contributed by atoms with Crippen LogP contribution in [0.4, 0.5) is 0 Å². The van der Waals surface area contributed by atoms with Gasteiger partial charge in [0.25, 0.3) is 0 Å². The van der Waals surface area contributed by atoms with Gasteiger partial charge in [0.15, 0.2) is 0 Å². The summed E-state index contributed by atoms with van der Waals surface area (Å²) in [6, 6.07) is 7.58. The van der Waals surface area contributed by atoms with Crippen molar-refractivity contribution in [3.05, 3.63) is 29.8 Å². The van der Waals surface area contributed by atoms with Crippen molar-refractivity contribution in [1.29, 1.82) is 0 Å². The first-order chi connectivity index (χ1) is 8.16. The van der Waals surface area contributed by atoms with E-state index in [2.05, 4.69) is 6.92 Å². The van der Waals surface area contributed by atoms with Gasteiger partial charge in [-0.3, -0.25) is 0 Å². The molecule has 94 valence electrons. The molecule has 1 saturated heterocycles. The molecular weight excluding hydrogens is 250 g/mol. The molecule has 3 atom stereocenters. The average molecular weight is 269 g/mol. The Morgan fingerprint density at radius 1 is 1.29 bits per heavy atom. The Balaban J connectivity index is 1.95. The highest BCUT2D eigenvalue weighted by molar-refractivity contribution is 8.07. The number of phenolic OH excluding ortho intramolecular Hbond substituents is 1. The zero-order chi connectivity index (χ0) is 12.3. The first kappa shape index (κ1) is 13.1. The highest BCUT2D eigenvalue weighted by Crippen LogP contribution is 2.33. The first-order valence-electron chi connectivity index (χ1n) is 5.93. The fourth-order valence-electron chi connectivity index (χ4n) is 2.14. The fraction of sp³-hybridized carbons (Fsp3) is 0.538. The molecule has 3 unspecified atom stereocenters. The van der Waals surface area contributed by atoms with Crippen molar-refractivity contribution in [2.45, 2.75) is 29.9 Å². The largest absolute Gasteiger partial charge is 0.508 e. The lowest BCUT2D eigenvalue weighted by atomic mass is 10.0. The lowest BCUT2D eigenvalue weighted by Crippen LogP contribution is -2.42. The van der Waals surface area contributed by atoms with Crippen LogP contribution in [0.1, 0.15) is 12.5 Å². The number of phenols is 1. The molecule has 2 rings (SSSR count). The molecule has 1 fully saturated rings. The lowest BCUT2D eigenvalue weighted by Gasteiger charge is -2.32. The third kappa shape index (κ3) is 3.57. The normalized spacial score (nSPS) is 26.7. The molecule has 3 N–H and O–H groups in total. The maximum Gasteiger partial charge on any atom is 0.115 e. The summed E-state index contributed by atoms with van der Waals surface area (Å²) in [5.74, 6) is 2.77. The third-order valence-electron chi connectivity index (χ3n) is 3.07. The van der Waals surface area contributed by atoms with Gasteiger partial charge in [0.1, 0.15) is 5.75 Å². The van der Waals surface area contributed by atoms with Crippen LogP contribution in [0.3, 0.4) is 0 Å². The van der Waals surface area contributed by atoms with Crippen LogP contribution in [-0.2, 0) is 6.42 Å². The maximum atomic E-state index is 9.24. The van der Waals surface area contributed by atoms with Crippen LogP contribution in [0.25, 0.3) is 0 Å². The minimum atomic E-state index is 0.201. The SMILES string of the molecule is CC1SCCSC1C(N)Cc1ccc(O)cc1. The quantitative estimate of drug-likeness (QED) is 0.885. The topological polar surface area (TPSA) is 46.2 Å². The predicted molar refractivity (Wildman–Crippen MR) is 78.0 cm³/mol. The zero-order valence-corrected chi connectivity index (χ0v) is 11.6. The van der Waals surface area contributed by atoms with Gasteiger partial charge in [-0.1, -0.05) is 19.1 Å². The van der Waals surface area contributed by atoms with E-state index in [4.69, 9.17) is 5.73 Å². The molecule has 0 bridgehead atoms. The van der Waals surface area contributed by atoms with E-state index in [-0.39, 0.29) is 6.04 Å². The first-order valence-corrected chi connectivity index (χ1v) is 8.03. The molecule has 1 aliphatic heterocycles. The maximum absolute atomic E-state index is 9.24. The van der Waals surface area contributed by atoms with Crippen LogP contribution < -0.4 is 5.73 Å². The van der Waals surface area contributed by atoms with Crippen LogP contribution in [0.5, 0.6) is 5.75 Å². The summed E-state index contributed by atoms with van der Waals surface area (Å²) in [7, 11) is 0. The van der Waals surface area contributed by atoms with Crippen molar-refractivity contribution in [3.8, 4) is 5.75 Å². The lowest BCUT2D eigenvalue weighted by molar-refractivity contribution is 0.475. The molecule has 1 heterocycles. The Morgan fingerprint density at radius 3 is 2.59 bits per heavy atom. The minimum Gasteiger partial charge on any atom is -0.508 e. The zero-order valence-electron chi connectivity index (χ0n) is 10.0. The number of rotatable bonds is 3. The van der Waals surface area contributed by atoms with Gasteiger partial charge in [0.2, 0.25) is 0 Å². The number of thioether (sulfide) groups is 2. The summed E-state index contributed by atoms with van der Waals surface area (Å²) in [5.41, 5.74) is 7.52. The Kier molecular flexibility index (Phi) is 4.65. The highest BCUT2D eigenvalue weighted by atomic mass is 32.2. The smallest absolute Gasteiger partial charge is 0.115 e. The van der Waals surface area contributed by atoms with Crippen molar-refractivity contribution in [3.63, 3.8) is 0 Å². The fourth-order valence-corrected chi connectivity index (χ4v) is 5.03. The van der Waals surface area contributed by atoms with Gasteiger partial charge in [-0.05, 0) is 24.1 Å². The second-order valence-corrected chi connectivity index (χ2v) is 7.22. The van der Waals surface area contributed by atoms with E-state index in [0.29, 0.717) is 16.2 Å². The number of hydrogen-bond acceptors (Lipinski definition) is 4. The monoisotopic (exact) mass is 269 g/mol. The molecule has 1 aliphatic rings. The average Bonchev–Trinajstić information content (AvgIpc) is 2.32. The van der Waals surface area contributed by atoms with Crippen molar-refractivity contribution < 1.29 is 5.11 Å². The van der Waals surface area contributed by atoms with Crippen LogP contribution in [0.2, 0.25) is 0 Å². The third-order valence-corrected chi connectivity index (χ3v) is 6.34. The van der Waals surface area contributed by atoms with Crippen molar-refractivity contribution in [2.24, 2.45) is 5.73 Å². The molecule has 0 amide bonds. The molecule has 17 heavy (non-hydrogen) atoms. The van der Waals surface area contributed by atoms with Crippen LogP contribution in [0, 0.1) is 0 Å². The van der Waals surface area contributed by atoms with Crippen molar-refractivity contribution in [2.75, 3.05) is 11.5 Å². The summed E-state index contributed by atoms with van der Waals surface area (Å²) in [6.45, 7) is 2.28. The van der Waals surface area contributed by atoms with E-state index >= 15 is 0 Å². The van der Waals surface area contributed by atoms with E-state index in [9.17, 15) is 5.11 Å². The Labute approximate surface area is 111 Å². The van der Waals surface area contributed by atoms with Crippen LogP contribution in [-0.4, -0.2) is 33.2 Å². The van der Waals surface area contributed by atoms with Crippen LogP contribution in [0.15, 0.2) is 24.3 Å². The summed E-state index contributed by atoms with van der Waals surface area (Å²) < 4.78 is 0. The molecular formula is C13H19NOS2. The van der Waals surface area contributed by atoms with E-state index in [1.165, 1.54) is 17.1 Å². The van der Waals surface area contributed by atoms with Crippen molar-refractivity contribution in [1.82, 2.24) is 0 Å². The van der Waals surface area contributed by atoms with Gasteiger partial charge in [-0.15, -0.1) is 0 Å². The van der Waals surface area contributed by atoms with Crippen LogP contribution >= 0.6 is 23.5 Å². The van der Waals surface area contributed by atoms with Crippen molar-refractivity contribution >= 4 is 23.5 Å². The second-order valence-electron chi connectivity index (χ2n) is 4.45. The van der Waals surface area contributed by atoms with E-state index in [0.717, 1.165) is 6.42 Å². The van der Waals surface area contributed by atoms with E-state index in [1.807, 2.05) is 35.7 Å². The number of benzene rings is 1.